The number of fused-ring (bicyclic) bond motifs is 3. The Morgan fingerprint density at radius 3 is 2.69 bits per heavy atom. The van der Waals surface area contributed by atoms with Crippen molar-refractivity contribution in [2.24, 2.45) is 11.8 Å². The number of piperidine rings is 3. The molecule has 4 atom stereocenters. The van der Waals surface area contributed by atoms with Crippen LogP contribution in [0.3, 0.4) is 0 Å². The second-order valence-corrected chi connectivity index (χ2v) is 8.80. The fourth-order valence-corrected chi connectivity index (χ4v) is 5.04. The third kappa shape index (κ3) is 4.39. The number of carbonyl (C=O) groups excluding carboxylic acids is 1. The van der Waals surface area contributed by atoms with Gasteiger partial charge in [0.1, 0.15) is 11.4 Å². The van der Waals surface area contributed by atoms with E-state index in [1.54, 1.807) is 7.11 Å². The van der Waals surface area contributed by atoms with Gasteiger partial charge in [0.15, 0.2) is 0 Å². The SMILES string of the molecule is COc1ccc(-c2cn(C[C@H]3CC4CCN3C[C@@H]4C(=O)NCc3ccccc3)nn2)cc1. The van der Waals surface area contributed by atoms with E-state index in [-0.39, 0.29) is 11.8 Å². The second-order valence-electron chi connectivity index (χ2n) is 8.80. The zero-order valence-electron chi connectivity index (χ0n) is 18.4. The molecule has 7 nitrogen and oxygen atoms in total. The van der Waals surface area contributed by atoms with Gasteiger partial charge in [-0.1, -0.05) is 35.5 Å². The molecule has 0 radical (unpaired) electrons. The summed E-state index contributed by atoms with van der Waals surface area (Å²) in [7, 11) is 1.66. The summed E-state index contributed by atoms with van der Waals surface area (Å²) in [5.74, 6) is 1.53. The summed E-state index contributed by atoms with van der Waals surface area (Å²) in [4.78, 5) is 15.3. The van der Waals surface area contributed by atoms with E-state index in [0.717, 1.165) is 55.0 Å². The number of ether oxygens (including phenoxy) is 1. The summed E-state index contributed by atoms with van der Waals surface area (Å²) >= 11 is 0. The molecular formula is C25H29N5O2. The first-order chi connectivity index (χ1) is 15.7. The minimum Gasteiger partial charge on any atom is -0.497 e. The van der Waals surface area contributed by atoms with Crippen molar-refractivity contribution in [2.75, 3.05) is 20.2 Å². The lowest BCUT2D eigenvalue weighted by Crippen LogP contribution is -2.57. The van der Waals surface area contributed by atoms with Crippen LogP contribution in [0.15, 0.2) is 60.8 Å². The van der Waals surface area contributed by atoms with E-state index >= 15 is 0 Å². The molecule has 3 aromatic rings. The van der Waals surface area contributed by atoms with Gasteiger partial charge in [-0.25, -0.2) is 0 Å². The van der Waals surface area contributed by atoms with Crippen LogP contribution in [0.1, 0.15) is 18.4 Å². The summed E-state index contributed by atoms with van der Waals surface area (Å²) < 4.78 is 7.17. The molecule has 2 aromatic carbocycles. The smallest absolute Gasteiger partial charge is 0.224 e. The van der Waals surface area contributed by atoms with Gasteiger partial charge in [-0.3, -0.25) is 14.4 Å². The van der Waals surface area contributed by atoms with Crippen LogP contribution in [-0.2, 0) is 17.9 Å². The summed E-state index contributed by atoms with van der Waals surface area (Å²) in [6.45, 7) is 3.28. The van der Waals surface area contributed by atoms with E-state index in [2.05, 4.69) is 20.5 Å². The van der Waals surface area contributed by atoms with Gasteiger partial charge in [0.25, 0.3) is 0 Å². The predicted octanol–water partition coefficient (Wildman–Crippen LogP) is 2.98. The highest BCUT2D eigenvalue weighted by molar-refractivity contribution is 5.79. The van der Waals surface area contributed by atoms with Crippen LogP contribution in [0, 0.1) is 11.8 Å². The van der Waals surface area contributed by atoms with Crippen molar-refractivity contribution in [2.45, 2.75) is 32.0 Å². The highest BCUT2D eigenvalue weighted by Crippen LogP contribution is 2.37. The molecule has 3 aliphatic heterocycles. The molecule has 3 aliphatic rings. The van der Waals surface area contributed by atoms with Crippen molar-refractivity contribution in [3.05, 3.63) is 66.4 Å². The third-order valence-electron chi connectivity index (χ3n) is 6.85. The number of aromatic nitrogens is 3. The van der Waals surface area contributed by atoms with E-state index < -0.39 is 0 Å². The first kappa shape index (κ1) is 20.7. The Morgan fingerprint density at radius 2 is 1.97 bits per heavy atom. The first-order valence-electron chi connectivity index (χ1n) is 11.3. The second kappa shape index (κ2) is 9.12. The van der Waals surface area contributed by atoms with Gasteiger partial charge < -0.3 is 10.1 Å². The van der Waals surface area contributed by atoms with E-state index in [9.17, 15) is 4.79 Å². The van der Waals surface area contributed by atoms with E-state index in [4.69, 9.17) is 4.74 Å². The Labute approximate surface area is 188 Å². The maximum absolute atomic E-state index is 12.9. The first-order valence-corrected chi connectivity index (χ1v) is 11.3. The summed E-state index contributed by atoms with van der Waals surface area (Å²) in [5.41, 5.74) is 3.03. The van der Waals surface area contributed by atoms with Gasteiger partial charge in [0, 0.05) is 24.7 Å². The number of rotatable bonds is 7. The lowest BCUT2D eigenvalue weighted by Gasteiger charge is -2.49. The van der Waals surface area contributed by atoms with Gasteiger partial charge in [-0.15, -0.1) is 5.10 Å². The normalized spacial score (nSPS) is 24.3. The summed E-state index contributed by atoms with van der Waals surface area (Å²) in [6, 6.07) is 18.4. The number of benzene rings is 2. The number of hydrogen-bond donors (Lipinski definition) is 1. The van der Waals surface area contributed by atoms with Crippen LogP contribution in [0.5, 0.6) is 5.75 Å². The third-order valence-corrected chi connectivity index (χ3v) is 6.85. The highest BCUT2D eigenvalue weighted by atomic mass is 16.5. The average molecular weight is 432 g/mol. The van der Waals surface area contributed by atoms with Crippen molar-refractivity contribution in [3.63, 3.8) is 0 Å². The molecule has 166 valence electrons. The molecule has 32 heavy (non-hydrogen) atoms. The van der Waals surface area contributed by atoms with Crippen LogP contribution in [-0.4, -0.2) is 52.0 Å². The van der Waals surface area contributed by atoms with Gasteiger partial charge >= 0.3 is 0 Å². The fourth-order valence-electron chi connectivity index (χ4n) is 5.04. The molecule has 0 aliphatic carbocycles. The number of nitrogens with one attached hydrogen (secondary N) is 1. The zero-order chi connectivity index (χ0) is 21.9. The van der Waals surface area contributed by atoms with E-state index in [1.807, 2.05) is 65.5 Å². The molecule has 1 N–H and O–H groups in total. The van der Waals surface area contributed by atoms with Crippen molar-refractivity contribution >= 4 is 5.91 Å². The molecule has 0 saturated carbocycles. The standard InChI is InChI=1S/C25H29N5O2/c1-32-22-9-7-19(8-10-22)24-17-30(28-27-24)15-21-13-20-11-12-29(21)16-23(20)25(31)26-14-18-5-3-2-4-6-18/h2-10,17,20-21,23H,11-16H2,1H3,(H,26,31)/t20?,21-,23+/m1/s1. The molecule has 3 saturated heterocycles. The van der Waals surface area contributed by atoms with Gasteiger partial charge in [0.2, 0.25) is 5.91 Å². The maximum Gasteiger partial charge on any atom is 0.224 e. The maximum atomic E-state index is 12.9. The van der Waals surface area contributed by atoms with Gasteiger partial charge in [-0.05, 0) is 55.1 Å². The number of amides is 1. The Balaban J connectivity index is 1.18. The number of methoxy groups -OCH3 is 1. The van der Waals surface area contributed by atoms with Crippen LogP contribution >= 0.6 is 0 Å². The van der Waals surface area contributed by atoms with Gasteiger partial charge in [-0.2, -0.15) is 0 Å². The number of carbonyl (C=O) groups is 1. The zero-order valence-corrected chi connectivity index (χ0v) is 18.4. The van der Waals surface area contributed by atoms with Crippen LogP contribution in [0.4, 0.5) is 0 Å². The largest absolute Gasteiger partial charge is 0.497 e. The summed E-state index contributed by atoms with van der Waals surface area (Å²) in [6.07, 6.45) is 4.13. The minimum atomic E-state index is 0.0781. The molecule has 6 rings (SSSR count). The van der Waals surface area contributed by atoms with Crippen molar-refractivity contribution < 1.29 is 9.53 Å². The van der Waals surface area contributed by atoms with Crippen molar-refractivity contribution in [3.8, 4) is 17.0 Å². The summed E-state index contributed by atoms with van der Waals surface area (Å²) in [5, 5.41) is 11.9. The molecule has 4 heterocycles. The van der Waals surface area contributed by atoms with Crippen LogP contribution in [0.2, 0.25) is 0 Å². The topological polar surface area (TPSA) is 72.3 Å². The number of hydrogen-bond acceptors (Lipinski definition) is 5. The molecule has 7 heteroatoms. The Morgan fingerprint density at radius 1 is 1.16 bits per heavy atom. The molecule has 1 aromatic heterocycles. The van der Waals surface area contributed by atoms with Crippen LogP contribution in [0.25, 0.3) is 11.3 Å². The molecule has 3 fully saturated rings. The number of nitrogens with zero attached hydrogens (tertiary/aromatic N) is 4. The lowest BCUT2D eigenvalue weighted by atomic mass is 9.75. The fraction of sp³-hybridized carbons (Fsp3) is 0.400. The lowest BCUT2D eigenvalue weighted by molar-refractivity contribution is -0.133. The minimum absolute atomic E-state index is 0.0781. The Hall–Kier alpha value is -3.19. The molecule has 2 bridgehead atoms. The Bertz CT molecular complexity index is 1050. The van der Waals surface area contributed by atoms with E-state index in [0.29, 0.717) is 18.5 Å². The van der Waals surface area contributed by atoms with Crippen LogP contribution < -0.4 is 10.1 Å². The molecule has 1 amide bonds. The quantitative estimate of drug-likeness (QED) is 0.623. The average Bonchev–Trinajstić information content (AvgIpc) is 3.32. The Kier molecular flexibility index (Phi) is 5.90. The highest BCUT2D eigenvalue weighted by Gasteiger charge is 2.43. The monoisotopic (exact) mass is 431 g/mol. The van der Waals surface area contributed by atoms with Crippen molar-refractivity contribution in [1.82, 2.24) is 25.2 Å². The predicted molar refractivity (Wildman–Crippen MR) is 122 cm³/mol. The van der Waals surface area contributed by atoms with Gasteiger partial charge in [0.05, 0.1) is 25.8 Å². The molecule has 2 unspecified atom stereocenters. The van der Waals surface area contributed by atoms with E-state index in [1.165, 1.54) is 0 Å². The van der Waals surface area contributed by atoms with Crippen molar-refractivity contribution in [1.29, 1.82) is 0 Å². The molecular weight excluding hydrogens is 402 g/mol. The molecule has 0 spiro atoms.